The maximum atomic E-state index is 10.1. The van der Waals surface area contributed by atoms with Gasteiger partial charge in [0.1, 0.15) is 0 Å². The van der Waals surface area contributed by atoms with Crippen LogP contribution in [0, 0.1) is 5.92 Å². The van der Waals surface area contributed by atoms with Gasteiger partial charge in [-0.25, -0.2) is 0 Å². The average molecular weight is 221 g/mol. The fraction of sp³-hybridized carbons (Fsp3) is 0.538. The predicted molar refractivity (Wildman–Crippen MR) is 63.0 cm³/mol. The van der Waals surface area contributed by atoms with E-state index in [9.17, 15) is 10.2 Å². The molecule has 2 rings (SSSR count). The van der Waals surface area contributed by atoms with E-state index in [2.05, 4.69) is 5.32 Å². The molecule has 1 aliphatic heterocycles. The van der Waals surface area contributed by atoms with E-state index in [0.29, 0.717) is 6.42 Å². The summed E-state index contributed by atoms with van der Waals surface area (Å²) < 4.78 is 0. The van der Waals surface area contributed by atoms with Crippen LogP contribution in [-0.4, -0.2) is 29.4 Å². The zero-order chi connectivity index (χ0) is 11.4. The molecule has 0 spiro atoms. The Kier molecular flexibility index (Phi) is 3.93. The highest BCUT2D eigenvalue weighted by Crippen LogP contribution is 2.25. The highest BCUT2D eigenvalue weighted by atomic mass is 16.3. The van der Waals surface area contributed by atoms with Gasteiger partial charge in [0, 0.05) is 12.5 Å². The second-order valence-electron chi connectivity index (χ2n) is 4.48. The molecule has 1 aromatic carbocycles. The van der Waals surface area contributed by atoms with Crippen molar-refractivity contribution >= 4 is 0 Å². The summed E-state index contributed by atoms with van der Waals surface area (Å²) in [4.78, 5) is 0. The molecule has 1 aromatic rings. The van der Waals surface area contributed by atoms with Crippen molar-refractivity contribution in [1.29, 1.82) is 0 Å². The molecule has 3 heteroatoms. The number of piperidine rings is 1. The van der Waals surface area contributed by atoms with E-state index >= 15 is 0 Å². The third-order valence-corrected chi connectivity index (χ3v) is 3.28. The lowest BCUT2D eigenvalue weighted by molar-refractivity contribution is 0.0412. The van der Waals surface area contributed by atoms with Gasteiger partial charge in [0.25, 0.3) is 0 Å². The number of benzene rings is 1. The van der Waals surface area contributed by atoms with Crippen LogP contribution in [0.1, 0.15) is 24.5 Å². The van der Waals surface area contributed by atoms with E-state index in [4.69, 9.17) is 0 Å². The molecule has 0 aromatic heterocycles. The predicted octanol–water partition coefficient (Wildman–Crippen LogP) is 1.08. The van der Waals surface area contributed by atoms with Gasteiger partial charge < -0.3 is 15.5 Å². The summed E-state index contributed by atoms with van der Waals surface area (Å²) >= 11 is 0. The number of hydrogen-bond acceptors (Lipinski definition) is 3. The standard InChI is InChI=1S/C13H19NO2/c15-12-6-7-14-9-11(12)8-13(16)10-4-2-1-3-5-10/h1-5,11-16H,6-9H2. The van der Waals surface area contributed by atoms with E-state index in [0.717, 1.165) is 25.1 Å². The number of aliphatic hydroxyl groups is 2. The molecule has 88 valence electrons. The van der Waals surface area contributed by atoms with Gasteiger partial charge in [-0.05, 0) is 24.9 Å². The van der Waals surface area contributed by atoms with Crippen LogP contribution in [-0.2, 0) is 0 Å². The van der Waals surface area contributed by atoms with Crippen LogP contribution in [0.4, 0.5) is 0 Å². The minimum atomic E-state index is -0.472. The quantitative estimate of drug-likeness (QED) is 0.716. The molecule has 0 saturated carbocycles. The molecule has 0 aliphatic carbocycles. The molecule has 0 radical (unpaired) electrons. The van der Waals surface area contributed by atoms with Gasteiger partial charge in [0.15, 0.2) is 0 Å². The van der Waals surface area contributed by atoms with Crippen LogP contribution in [0.3, 0.4) is 0 Å². The van der Waals surface area contributed by atoms with E-state index in [1.165, 1.54) is 0 Å². The Bertz CT molecular complexity index is 315. The molecule has 0 amide bonds. The Hall–Kier alpha value is -0.900. The van der Waals surface area contributed by atoms with Gasteiger partial charge in [0.2, 0.25) is 0 Å². The van der Waals surface area contributed by atoms with Crippen LogP contribution in [0.25, 0.3) is 0 Å². The van der Waals surface area contributed by atoms with Gasteiger partial charge in [-0.3, -0.25) is 0 Å². The first-order valence-electron chi connectivity index (χ1n) is 5.89. The van der Waals surface area contributed by atoms with Crippen molar-refractivity contribution in [3.63, 3.8) is 0 Å². The third-order valence-electron chi connectivity index (χ3n) is 3.28. The number of aliphatic hydroxyl groups excluding tert-OH is 2. The molecule has 1 saturated heterocycles. The van der Waals surface area contributed by atoms with E-state index < -0.39 is 6.10 Å². The lowest BCUT2D eigenvalue weighted by Gasteiger charge is -2.30. The molecular formula is C13H19NO2. The van der Waals surface area contributed by atoms with Crippen LogP contribution in [0.15, 0.2) is 30.3 Å². The maximum Gasteiger partial charge on any atom is 0.0794 e. The average Bonchev–Trinajstić information content (AvgIpc) is 2.33. The topological polar surface area (TPSA) is 52.5 Å². The molecule has 16 heavy (non-hydrogen) atoms. The van der Waals surface area contributed by atoms with Crippen LogP contribution in [0.2, 0.25) is 0 Å². The van der Waals surface area contributed by atoms with Crippen LogP contribution in [0.5, 0.6) is 0 Å². The van der Waals surface area contributed by atoms with Crippen molar-refractivity contribution in [2.75, 3.05) is 13.1 Å². The lowest BCUT2D eigenvalue weighted by Crippen LogP contribution is -2.40. The summed E-state index contributed by atoms with van der Waals surface area (Å²) in [6, 6.07) is 9.63. The number of rotatable bonds is 3. The maximum absolute atomic E-state index is 10.1. The van der Waals surface area contributed by atoms with Gasteiger partial charge in [0.05, 0.1) is 12.2 Å². The fourth-order valence-corrected chi connectivity index (χ4v) is 2.25. The van der Waals surface area contributed by atoms with Crippen LogP contribution >= 0.6 is 0 Å². The smallest absolute Gasteiger partial charge is 0.0794 e. The van der Waals surface area contributed by atoms with E-state index in [1.54, 1.807) is 0 Å². The third kappa shape index (κ3) is 2.82. The van der Waals surface area contributed by atoms with Crippen molar-refractivity contribution in [3.8, 4) is 0 Å². The van der Waals surface area contributed by atoms with E-state index in [1.807, 2.05) is 30.3 Å². The van der Waals surface area contributed by atoms with E-state index in [-0.39, 0.29) is 12.0 Å². The van der Waals surface area contributed by atoms with Crippen LogP contribution < -0.4 is 5.32 Å². The molecule has 3 atom stereocenters. The molecule has 3 unspecified atom stereocenters. The van der Waals surface area contributed by atoms with Crippen molar-refractivity contribution in [1.82, 2.24) is 5.32 Å². The highest BCUT2D eigenvalue weighted by Gasteiger charge is 2.25. The van der Waals surface area contributed by atoms with Gasteiger partial charge in [-0.15, -0.1) is 0 Å². The minimum absolute atomic E-state index is 0.156. The molecule has 3 N–H and O–H groups in total. The van der Waals surface area contributed by atoms with Crippen molar-refractivity contribution < 1.29 is 10.2 Å². The first-order valence-corrected chi connectivity index (χ1v) is 5.89. The zero-order valence-electron chi connectivity index (χ0n) is 9.34. The van der Waals surface area contributed by atoms with Gasteiger partial charge in [-0.1, -0.05) is 30.3 Å². The Balaban J connectivity index is 1.94. The fourth-order valence-electron chi connectivity index (χ4n) is 2.25. The summed E-state index contributed by atoms with van der Waals surface area (Å²) in [5.74, 6) is 0.156. The Morgan fingerprint density at radius 3 is 2.75 bits per heavy atom. The summed E-state index contributed by atoms with van der Waals surface area (Å²) in [5.41, 5.74) is 0.931. The van der Waals surface area contributed by atoms with Crippen molar-refractivity contribution in [3.05, 3.63) is 35.9 Å². The summed E-state index contributed by atoms with van der Waals surface area (Å²) in [7, 11) is 0. The largest absolute Gasteiger partial charge is 0.393 e. The highest BCUT2D eigenvalue weighted by molar-refractivity contribution is 5.17. The minimum Gasteiger partial charge on any atom is -0.393 e. The SMILES string of the molecule is OC(CC1CNCCC1O)c1ccccc1. The zero-order valence-corrected chi connectivity index (χ0v) is 9.34. The molecule has 1 fully saturated rings. The molecule has 1 aliphatic rings. The second-order valence-corrected chi connectivity index (χ2v) is 4.48. The van der Waals surface area contributed by atoms with Gasteiger partial charge >= 0.3 is 0 Å². The number of hydrogen-bond donors (Lipinski definition) is 3. The van der Waals surface area contributed by atoms with Gasteiger partial charge in [-0.2, -0.15) is 0 Å². The Labute approximate surface area is 96.1 Å². The molecule has 1 heterocycles. The second kappa shape index (κ2) is 5.43. The summed E-state index contributed by atoms with van der Waals surface area (Å²) in [6.45, 7) is 1.67. The lowest BCUT2D eigenvalue weighted by atomic mass is 9.89. The first kappa shape index (κ1) is 11.6. The summed E-state index contributed by atoms with van der Waals surface area (Å²) in [5, 5.41) is 23.1. The molecular weight excluding hydrogens is 202 g/mol. The first-order chi connectivity index (χ1) is 7.77. The van der Waals surface area contributed by atoms with Crippen molar-refractivity contribution in [2.45, 2.75) is 25.0 Å². The summed E-state index contributed by atoms with van der Waals surface area (Å²) in [6.07, 6.45) is 0.657. The number of nitrogens with one attached hydrogen (secondary N) is 1. The molecule has 3 nitrogen and oxygen atoms in total. The Morgan fingerprint density at radius 1 is 1.31 bits per heavy atom. The normalized spacial score (nSPS) is 27.6. The van der Waals surface area contributed by atoms with Crippen molar-refractivity contribution in [2.24, 2.45) is 5.92 Å². The molecule has 0 bridgehead atoms. The monoisotopic (exact) mass is 221 g/mol. The Morgan fingerprint density at radius 2 is 2.06 bits per heavy atom.